The Hall–Kier alpha value is -2.58. The number of nitrogens with one attached hydrogen (secondary N) is 2. The molecule has 1 atom stereocenters. The van der Waals surface area contributed by atoms with Crippen molar-refractivity contribution in [2.45, 2.75) is 32.7 Å². The van der Waals surface area contributed by atoms with Gasteiger partial charge in [0.1, 0.15) is 6.04 Å². The van der Waals surface area contributed by atoms with Gasteiger partial charge in [-0.3, -0.25) is 13.9 Å². The van der Waals surface area contributed by atoms with E-state index < -0.39 is 22.0 Å². The van der Waals surface area contributed by atoms with Crippen LogP contribution in [0.25, 0.3) is 0 Å². The molecule has 0 spiro atoms. The maximum absolute atomic E-state index is 12.9. The average molecular weight is 452 g/mol. The molecule has 7 nitrogen and oxygen atoms in total. The Morgan fingerprint density at radius 2 is 1.73 bits per heavy atom. The maximum Gasteiger partial charge on any atom is 0.253 e. The first-order chi connectivity index (χ1) is 14.1. The zero-order valence-electron chi connectivity index (χ0n) is 17.2. The molecule has 0 heterocycles. The smallest absolute Gasteiger partial charge is 0.253 e. The van der Waals surface area contributed by atoms with Gasteiger partial charge in [-0.1, -0.05) is 37.1 Å². The van der Waals surface area contributed by atoms with Crippen LogP contribution in [0.4, 0.5) is 11.4 Å². The topological polar surface area (TPSA) is 95.6 Å². The predicted molar refractivity (Wildman–Crippen MR) is 121 cm³/mol. The molecular formula is C21H26ClN3O4S. The second kappa shape index (κ2) is 10.4. The van der Waals surface area contributed by atoms with E-state index >= 15 is 0 Å². The quantitative estimate of drug-likeness (QED) is 0.568. The number of hydrogen-bond acceptors (Lipinski definition) is 4. The Kier molecular flexibility index (Phi) is 8.25. The van der Waals surface area contributed by atoms with Crippen LogP contribution in [0.15, 0.2) is 48.5 Å². The number of amides is 2. The van der Waals surface area contributed by atoms with Crippen LogP contribution in [0.5, 0.6) is 0 Å². The van der Waals surface area contributed by atoms with Gasteiger partial charge in [0.25, 0.3) is 5.91 Å². The fourth-order valence-electron chi connectivity index (χ4n) is 2.90. The molecule has 0 aliphatic rings. The number of benzene rings is 2. The molecular weight excluding hydrogens is 426 g/mol. The van der Waals surface area contributed by atoms with Crippen molar-refractivity contribution in [1.29, 1.82) is 0 Å². The monoisotopic (exact) mass is 451 g/mol. The molecule has 0 aliphatic heterocycles. The number of carbonyl (C=O) groups is 2. The Morgan fingerprint density at radius 1 is 1.10 bits per heavy atom. The zero-order valence-corrected chi connectivity index (χ0v) is 18.8. The largest absolute Gasteiger partial charge is 0.352 e. The van der Waals surface area contributed by atoms with Crippen molar-refractivity contribution in [2.24, 2.45) is 0 Å². The van der Waals surface area contributed by atoms with Crippen LogP contribution in [0.3, 0.4) is 0 Å². The first-order valence-electron chi connectivity index (χ1n) is 9.58. The highest BCUT2D eigenvalue weighted by Crippen LogP contribution is 2.24. The summed E-state index contributed by atoms with van der Waals surface area (Å²) in [5.74, 6) is -0.867. The maximum atomic E-state index is 12.9. The van der Waals surface area contributed by atoms with E-state index in [1.165, 1.54) is 19.1 Å². The third-order valence-electron chi connectivity index (χ3n) is 4.42. The van der Waals surface area contributed by atoms with E-state index in [0.29, 0.717) is 28.5 Å². The number of nitrogens with zero attached hydrogens (tertiary/aromatic N) is 1. The third-order valence-corrected chi connectivity index (χ3v) is 5.91. The molecule has 0 saturated carbocycles. The van der Waals surface area contributed by atoms with E-state index in [-0.39, 0.29) is 5.91 Å². The fourth-order valence-corrected chi connectivity index (χ4v) is 4.20. The number of rotatable bonds is 9. The number of sulfonamides is 1. The molecule has 0 fully saturated rings. The molecule has 2 rings (SSSR count). The van der Waals surface area contributed by atoms with E-state index in [1.807, 2.05) is 6.92 Å². The number of unbranched alkanes of at least 4 members (excludes halogenated alkanes) is 1. The number of hydrogen-bond donors (Lipinski definition) is 2. The van der Waals surface area contributed by atoms with Crippen LogP contribution >= 0.6 is 11.6 Å². The normalized spacial score (nSPS) is 12.1. The summed E-state index contributed by atoms with van der Waals surface area (Å²) >= 11 is 5.89. The first-order valence-corrected chi connectivity index (χ1v) is 11.8. The lowest BCUT2D eigenvalue weighted by Crippen LogP contribution is -2.45. The van der Waals surface area contributed by atoms with Crippen molar-refractivity contribution >= 4 is 44.8 Å². The lowest BCUT2D eigenvalue weighted by atomic mass is 10.1. The lowest BCUT2D eigenvalue weighted by molar-refractivity contribution is -0.116. The number of para-hydroxylation sites is 1. The number of carbonyl (C=O) groups excluding carboxylic acids is 2. The van der Waals surface area contributed by atoms with Gasteiger partial charge in [0.15, 0.2) is 0 Å². The first kappa shape index (κ1) is 23.7. The lowest BCUT2D eigenvalue weighted by Gasteiger charge is -2.28. The zero-order chi connectivity index (χ0) is 22.3. The van der Waals surface area contributed by atoms with E-state index in [1.54, 1.807) is 36.4 Å². The third kappa shape index (κ3) is 6.21. The molecule has 0 saturated heterocycles. The summed E-state index contributed by atoms with van der Waals surface area (Å²) in [6.07, 6.45) is 2.82. The molecule has 0 bridgehead atoms. The van der Waals surface area contributed by atoms with Gasteiger partial charge >= 0.3 is 0 Å². The summed E-state index contributed by atoms with van der Waals surface area (Å²) in [6.45, 7) is 4.04. The summed E-state index contributed by atoms with van der Waals surface area (Å²) in [4.78, 5) is 25.4. The molecule has 162 valence electrons. The van der Waals surface area contributed by atoms with Crippen molar-refractivity contribution in [1.82, 2.24) is 5.32 Å². The SMILES string of the molecule is CCCCNC(=O)c1ccccc1NC(=O)[C@@H](C)N(c1ccc(Cl)cc1)S(C)(=O)=O. The molecule has 2 aromatic rings. The molecule has 2 N–H and O–H groups in total. The van der Waals surface area contributed by atoms with Crippen LogP contribution < -0.4 is 14.9 Å². The minimum atomic E-state index is -3.76. The van der Waals surface area contributed by atoms with Crippen LogP contribution in [-0.4, -0.2) is 39.1 Å². The van der Waals surface area contributed by atoms with Gasteiger partial charge in [0.05, 0.1) is 23.2 Å². The average Bonchev–Trinajstić information content (AvgIpc) is 2.69. The Bertz CT molecular complexity index is 994. The second-order valence-electron chi connectivity index (χ2n) is 6.86. The fraction of sp³-hybridized carbons (Fsp3) is 0.333. The molecule has 0 radical (unpaired) electrons. The van der Waals surface area contributed by atoms with E-state index in [0.717, 1.165) is 23.4 Å². The Balaban J connectivity index is 2.25. The minimum Gasteiger partial charge on any atom is -0.352 e. The molecule has 0 aromatic heterocycles. The second-order valence-corrected chi connectivity index (χ2v) is 9.15. The van der Waals surface area contributed by atoms with E-state index in [9.17, 15) is 18.0 Å². The summed E-state index contributed by atoms with van der Waals surface area (Å²) in [6, 6.07) is 11.7. The van der Waals surface area contributed by atoms with Crippen molar-refractivity contribution in [2.75, 3.05) is 22.4 Å². The van der Waals surface area contributed by atoms with Gasteiger partial charge in [-0.15, -0.1) is 0 Å². The number of halogens is 1. The van der Waals surface area contributed by atoms with E-state index in [4.69, 9.17) is 11.6 Å². The van der Waals surface area contributed by atoms with Gasteiger partial charge in [-0.2, -0.15) is 0 Å². The minimum absolute atomic E-state index is 0.301. The van der Waals surface area contributed by atoms with Gasteiger partial charge < -0.3 is 10.6 Å². The van der Waals surface area contributed by atoms with Crippen LogP contribution in [-0.2, 0) is 14.8 Å². The Labute approximate surface area is 182 Å². The Morgan fingerprint density at radius 3 is 2.33 bits per heavy atom. The molecule has 2 amide bonds. The molecule has 0 unspecified atom stereocenters. The highest BCUT2D eigenvalue weighted by molar-refractivity contribution is 7.92. The van der Waals surface area contributed by atoms with Crippen molar-refractivity contribution in [3.8, 4) is 0 Å². The summed E-state index contributed by atoms with van der Waals surface area (Å²) in [5, 5.41) is 5.95. The van der Waals surface area contributed by atoms with Gasteiger partial charge in [0, 0.05) is 11.6 Å². The van der Waals surface area contributed by atoms with Crippen molar-refractivity contribution in [3.05, 3.63) is 59.1 Å². The van der Waals surface area contributed by atoms with Gasteiger partial charge in [-0.05, 0) is 49.7 Å². The number of anilines is 2. The predicted octanol–water partition coefficient (Wildman–Crippen LogP) is 3.66. The van der Waals surface area contributed by atoms with Crippen LogP contribution in [0.1, 0.15) is 37.0 Å². The van der Waals surface area contributed by atoms with Gasteiger partial charge in [0.2, 0.25) is 15.9 Å². The molecule has 0 aliphatic carbocycles. The van der Waals surface area contributed by atoms with Crippen molar-refractivity contribution < 1.29 is 18.0 Å². The standard InChI is InChI=1S/C21H26ClN3O4S/c1-4-5-14-23-21(27)18-8-6-7-9-19(18)24-20(26)15(2)25(30(3,28)29)17-12-10-16(22)11-13-17/h6-13,15H,4-5,14H2,1-3H3,(H,23,27)(H,24,26)/t15-/m1/s1. The molecule has 30 heavy (non-hydrogen) atoms. The van der Waals surface area contributed by atoms with Crippen molar-refractivity contribution in [3.63, 3.8) is 0 Å². The summed E-state index contributed by atoms with van der Waals surface area (Å²) in [7, 11) is -3.76. The summed E-state index contributed by atoms with van der Waals surface area (Å²) < 4.78 is 25.8. The van der Waals surface area contributed by atoms with Gasteiger partial charge in [-0.25, -0.2) is 8.42 Å². The summed E-state index contributed by atoms with van der Waals surface area (Å²) in [5.41, 5.74) is 0.939. The highest BCUT2D eigenvalue weighted by Gasteiger charge is 2.29. The van der Waals surface area contributed by atoms with E-state index in [2.05, 4.69) is 10.6 Å². The molecule has 9 heteroatoms. The molecule has 2 aromatic carbocycles. The van der Waals surface area contributed by atoms with Crippen LogP contribution in [0.2, 0.25) is 5.02 Å². The van der Waals surface area contributed by atoms with Crippen LogP contribution in [0, 0.1) is 0 Å². The highest BCUT2D eigenvalue weighted by atomic mass is 35.5.